The van der Waals surface area contributed by atoms with E-state index in [4.69, 9.17) is 11.6 Å². The molecular formula is C18H14ClN5O. The second kappa shape index (κ2) is 6.41. The molecule has 0 unspecified atom stereocenters. The Labute approximate surface area is 147 Å². The van der Waals surface area contributed by atoms with Gasteiger partial charge in [0.05, 0.1) is 11.0 Å². The molecule has 0 atom stereocenters. The maximum atomic E-state index is 11.3. The van der Waals surface area contributed by atoms with Gasteiger partial charge in [-0.15, -0.1) is 0 Å². The van der Waals surface area contributed by atoms with Crippen molar-refractivity contribution in [2.24, 2.45) is 0 Å². The molecule has 0 radical (unpaired) electrons. The van der Waals surface area contributed by atoms with Gasteiger partial charge in [0.2, 0.25) is 5.95 Å². The number of anilines is 1. The van der Waals surface area contributed by atoms with Crippen LogP contribution in [0, 0.1) is 0 Å². The van der Waals surface area contributed by atoms with Crippen LogP contribution in [0.25, 0.3) is 22.2 Å². The molecule has 2 aromatic carbocycles. The van der Waals surface area contributed by atoms with Crippen LogP contribution in [0.1, 0.15) is 5.56 Å². The number of nitrogens with zero attached hydrogens (tertiary/aromatic N) is 2. The van der Waals surface area contributed by atoms with Crippen LogP contribution in [0.2, 0.25) is 5.02 Å². The molecule has 7 heteroatoms. The van der Waals surface area contributed by atoms with Crippen LogP contribution in [0.15, 0.2) is 59.7 Å². The molecule has 3 N–H and O–H groups in total. The number of halogens is 1. The maximum Gasteiger partial charge on any atom is 0.323 e. The minimum absolute atomic E-state index is 0.219. The molecule has 2 aromatic heterocycles. The summed E-state index contributed by atoms with van der Waals surface area (Å²) >= 11 is 5.97. The Hall–Kier alpha value is -3.12. The number of fused-ring (bicyclic) bond motifs is 1. The van der Waals surface area contributed by atoms with E-state index in [1.807, 2.05) is 42.5 Å². The highest BCUT2D eigenvalue weighted by Crippen LogP contribution is 2.21. The molecule has 0 saturated carbocycles. The largest absolute Gasteiger partial charge is 0.350 e. The van der Waals surface area contributed by atoms with E-state index >= 15 is 0 Å². The number of nitrogens with one attached hydrogen (secondary N) is 3. The number of aromatic amines is 2. The fourth-order valence-electron chi connectivity index (χ4n) is 2.61. The summed E-state index contributed by atoms with van der Waals surface area (Å²) < 4.78 is 0. The molecule has 2 heterocycles. The summed E-state index contributed by atoms with van der Waals surface area (Å²) in [5.74, 6) is 0.542. The molecule has 4 aromatic rings. The van der Waals surface area contributed by atoms with Gasteiger partial charge in [0.1, 0.15) is 0 Å². The second-order valence-electron chi connectivity index (χ2n) is 5.62. The molecule has 25 heavy (non-hydrogen) atoms. The molecule has 0 amide bonds. The Balaban J connectivity index is 1.51. The van der Waals surface area contributed by atoms with E-state index in [1.54, 1.807) is 12.4 Å². The lowest BCUT2D eigenvalue weighted by Crippen LogP contribution is -2.03. The van der Waals surface area contributed by atoms with Gasteiger partial charge in [-0.3, -0.25) is 0 Å². The second-order valence-corrected chi connectivity index (χ2v) is 6.05. The van der Waals surface area contributed by atoms with Gasteiger partial charge in [0.25, 0.3) is 0 Å². The number of aromatic nitrogens is 4. The summed E-state index contributed by atoms with van der Waals surface area (Å²) in [6.07, 6.45) is 3.50. The smallest absolute Gasteiger partial charge is 0.323 e. The lowest BCUT2D eigenvalue weighted by Gasteiger charge is -2.06. The van der Waals surface area contributed by atoms with Crippen molar-refractivity contribution in [2.45, 2.75) is 6.54 Å². The van der Waals surface area contributed by atoms with Crippen molar-refractivity contribution in [1.29, 1.82) is 0 Å². The lowest BCUT2D eigenvalue weighted by molar-refractivity contribution is 1.06. The molecule has 0 aliphatic heterocycles. The molecule has 0 aliphatic carbocycles. The Morgan fingerprint density at radius 1 is 0.960 bits per heavy atom. The van der Waals surface area contributed by atoms with Gasteiger partial charge in [-0.2, -0.15) is 0 Å². The summed E-state index contributed by atoms with van der Waals surface area (Å²) in [5.41, 5.74) is 4.17. The highest BCUT2D eigenvalue weighted by molar-refractivity contribution is 6.30. The van der Waals surface area contributed by atoms with Gasteiger partial charge >= 0.3 is 5.69 Å². The molecule has 0 fully saturated rings. The summed E-state index contributed by atoms with van der Waals surface area (Å²) in [4.78, 5) is 25.5. The van der Waals surface area contributed by atoms with Gasteiger partial charge < -0.3 is 15.3 Å². The number of rotatable bonds is 4. The zero-order valence-electron chi connectivity index (χ0n) is 13.1. The normalized spacial score (nSPS) is 10.9. The standard InChI is InChI=1S/C18H14ClN5O/c19-14-3-1-2-11(6-14)8-20-17-21-9-13(10-22-17)12-4-5-15-16(7-12)24-18(25)23-15/h1-7,9-10H,8H2,(H,20,21,22)(H2,23,24,25). The minimum atomic E-state index is -0.219. The highest BCUT2D eigenvalue weighted by Gasteiger charge is 2.04. The van der Waals surface area contributed by atoms with Crippen LogP contribution in [0.5, 0.6) is 0 Å². The fourth-order valence-corrected chi connectivity index (χ4v) is 2.82. The number of hydrogen-bond donors (Lipinski definition) is 3. The van der Waals surface area contributed by atoms with Crippen LogP contribution >= 0.6 is 11.6 Å². The SMILES string of the molecule is O=c1[nH]c2ccc(-c3cnc(NCc4cccc(Cl)c4)nc3)cc2[nH]1. The summed E-state index contributed by atoms with van der Waals surface area (Å²) in [7, 11) is 0. The third kappa shape index (κ3) is 3.39. The van der Waals surface area contributed by atoms with E-state index in [-0.39, 0.29) is 5.69 Å². The van der Waals surface area contributed by atoms with Crippen LogP contribution in [-0.4, -0.2) is 19.9 Å². The zero-order chi connectivity index (χ0) is 17.2. The highest BCUT2D eigenvalue weighted by atomic mass is 35.5. The molecule has 0 aliphatic rings. The maximum absolute atomic E-state index is 11.3. The van der Waals surface area contributed by atoms with Crippen molar-refractivity contribution in [1.82, 2.24) is 19.9 Å². The molecule has 6 nitrogen and oxygen atoms in total. The third-order valence-electron chi connectivity index (χ3n) is 3.84. The van der Waals surface area contributed by atoms with Crippen molar-refractivity contribution >= 4 is 28.6 Å². The van der Waals surface area contributed by atoms with Crippen LogP contribution in [-0.2, 0) is 6.54 Å². The van der Waals surface area contributed by atoms with Crippen LogP contribution in [0.3, 0.4) is 0 Å². The summed E-state index contributed by atoms with van der Waals surface area (Å²) in [6, 6.07) is 13.3. The number of benzene rings is 2. The fraction of sp³-hybridized carbons (Fsp3) is 0.0556. The van der Waals surface area contributed by atoms with Crippen molar-refractivity contribution in [3.8, 4) is 11.1 Å². The summed E-state index contributed by atoms with van der Waals surface area (Å²) in [6.45, 7) is 0.594. The Morgan fingerprint density at radius 3 is 2.56 bits per heavy atom. The molecular weight excluding hydrogens is 338 g/mol. The minimum Gasteiger partial charge on any atom is -0.350 e. The van der Waals surface area contributed by atoms with Crippen molar-refractivity contribution in [3.05, 3.63) is 75.9 Å². The summed E-state index contributed by atoms with van der Waals surface area (Å²) in [5, 5.41) is 3.87. The first kappa shape index (κ1) is 15.4. The monoisotopic (exact) mass is 351 g/mol. The molecule has 0 saturated heterocycles. The predicted molar refractivity (Wildman–Crippen MR) is 98.7 cm³/mol. The first-order valence-electron chi connectivity index (χ1n) is 7.70. The van der Waals surface area contributed by atoms with E-state index in [9.17, 15) is 4.79 Å². The quantitative estimate of drug-likeness (QED) is 0.524. The van der Waals surface area contributed by atoms with E-state index in [1.165, 1.54) is 0 Å². The molecule has 0 spiro atoms. The van der Waals surface area contributed by atoms with Crippen molar-refractivity contribution in [2.75, 3.05) is 5.32 Å². The number of H-pyrrole nitrogens is 2. The van der Waals surface area contributed by atoms with Crippen molar-refractivity contribution < 1.29 is 0 Å². The lowest BCUT2D eigenvalue weighted by atomic mass is 10.1. The molecule has 0 bridgehead atoms. The third-order valence-corrected chi connectivity index (χ3v) is 4.08. The van der Waals surface area contributed by atoms with Crippen LogP contribution in [0.4, 0.5) is 5.95 Å². The predicted octanol–water partition coefficient (Wildman–Crippen LogP) is 3.58. The number of hydrogen-bond acceptors (Lipinski definition) is 4. The molecule has 124 valence electrons. The van der Waals surface area contributed by atoms with E-state index < -0.39 is 0 Å². The van der Waals surface area contributed by atoms with E-state index in [0.717, 1.165) is 27.7 Å². The van der Waals surface area contributed by atoms with Gasteiger partial charge in [-0.1, -0.05) is 29.8 Å². The van der Waals surface area contributed by atoms with Gasteiger partial charge in [-0.25, -0.2) is 14.8 Å². The van der Waals surface area contributed by atoms with E-state index in [2.05, 4.69) is 25.3 Å². The van der Waals surface area contributed by atoms with Gasteiger partial charge in [0, 0.05) is 29.5 Å². The van der Waals surface area contributed by atoms with Crippen molar-refractivity contribution in [3.63, 3.8) is 0 Å². The first-order valence-corrected chi connectivity index (χ1v) is 8.08. The number of imidazole rings is 1. The Bertz CT molecular complexity index is 1080. The Kier molecular flexibility index (Phi) is 3.95. The molecule has 4 rings (SSSR count). The van der Waals surface area contributed by atoms with E-state index in [0.29, 0.717) is 17.5 Å². The van der Waals surface area contributed by atoms with Gasteiger partial charge in [-0.05, 0) is 35.4 Å². The van der Waals surface area contributed by atoms with Crippen LogP contribution < -0.4 is 11.0 Å². The Morgan fingerprint density at radius 2 is 1.76 bits per heavy atom. The topological polar surface area (TPSA) is 86.5 Å². The van der Waals surface area contributed by atoms with Gasteiger partial charge in [0.15, 0.2) is 0 Å². The first-order chi connectivity index (χ1) is 12.2. The zero-order valence-corrected chi connectivity index (χ0v) is 13.8. The average molecular weight is 352 g/mol. The average Bonchev–Trinajstić information content (AvgIpc) is 2.99.